The van der Waals surface area contributed by atoms with Crippen molar-refractivity contribution in [1.29, 1.82) is 0 Å². The first-order chi connectivity index (χ1) is 9.36. The van der Waals surface area contributed by atoms with E-state index in [1.54, 1.807) is 0 Å². The predicted octanol–water partition coefficient (Wildman–Crippen LogP) is 2.78. The van der Waals surface area contributed by atoms with Gasteiger partial charge in [0.05, 0.1) is 0 Å². The Labute approximate surface area is 111 Å². The van der Waals surface area contributed by atoms with Crippen LogP contribution in [0.2, 0.25) is 0 Å². The first kappa shape index (κ1) is 11.9. The lowest BCUT2D eigenvalue weighted by Crippen LogP contribution is -2.00. The Morgan fingerprint density at radius 2 is 1.89 bits per heavy atom. The maximum atomic E-state index is 5.47. The van der Waals surface area contributed by atoms with Crippen molar-refractivity contribution in [2.45, 2.75) is 12.8 Å². The monoisotopic (exact) mass is 253 g/mol. The van der Waals surface area contributed by atoms with Gasteiger partial charge in [-0.1, -0.05) is 41.6 Å². The molecule has 96 valence electrons. The number of nitrogens with two attached hydrogens (primary N) is 1. The second-order valence-corrected chi connectivity index (χ2v) is 4.47. The maximum Gasteiger partial charge on any atom is 0.227 e. The van der Waals surface area contributed by atoms with Crippen molar-refractivity contribution < 1.29 is 4.52 Å². The number of aryl methyl sites for hydroxylation is 1. The molecule has 3 rings (SSSR count). The second-order valence-electron chi connectivity index (χ2n) is 4.47. The smallest absolute Gasteiger partial charge is 0.227 e. The van der Waals surface area contributed by atoms with Gasteiger partial charge >= 0.3 is 0 Å². The van der Waals surface area contributed by atoms with Crippen LogP contribution in [0.4, 0.5) is 0 Å². The van der Waals surface area contributed by atoms with Crippen LogP contribution in [0.3, 0.4) is 0 Å². The molecule has 0 aliphatic rings. The molecule has 2 N–H and O–H groups in total. The highest BCUT2D eigenvalue weighted by Crippen LogP contribution is 2.22. The van der Waals surface area contributed by atoms with E-state index >= 15 is 0 Å². The van der Waals surface area contributed by atoms with Crippen LogP contribution < -0.4 is 5.73 Å². The summed E-state index contributed by atoms with van der Waals surface area (Å²) in [5.41, 5.74) is 6.44. The van der Waals surface area contributed by atoms with Crippen LogP contribution >= 0.6 is 0 Å². The van der Waals surface area contributed by atoms with Gasteiger partial charge in [0.15, 0.2) is 0 Å². The number of nitrogens with zero attached hydrogens (tertiary/aromatic N) is 2. The van der Waals surface area contributed by atoms with Gasteiger partial charge in [0.25, 0.3) is 0 Å². The van der Waals surface area contributed by atoms with E-state index < -0.39 is 0 Å². The molecule has 0 aliphatic heterocycles. The highest BCUT2D eigenvalue weighted by atomic mass is 16.5. The molecule has 4 nitrogen and oxygen atoms in total. The normalized spacial score (nSPS) is 11.0. The highest BCUT2D eigenvalue weighted by Gasteiger charge is 2.08. The SMILES string of the molecule is NCCCc1nc(-c2ccc3ccccc3c2)no1. The van der Waals surface area contributed by atoms with Crippen molar-refractivity contribution in [3.05, 3.63) is 48.4 Å². The Bertz CT molecular complexity index is 690. The fraction of sp³-hybridized carbons (Fsp3) is 0.200. The number of benzene rings is 2. The summed E-state index contributed by atoms with van der Waals surface area (Å²) >= 11 is 0. The zero-order valence-electron chi connectivity index (χ0n) is 10.5. The van der Waals surface area contributed by atoms with E-state index in [0.29, 0.717) is 18.3 Å². The molecule has 1 aromatic heterocycles. The van der Waals surface area contributed by atoms with Crippen molar-refractivity contribution in [3.63, 3.8) is 0 Å². The third-order valence-electron chi connectivity index (χ3n) is 3.07. The van der Waals surface area contributed by atoms with E-state index in [2.05, 4.69) is 34.4 Å². The lowest BCUT2D eigenvalue weighted by molar-refractivity contribution is 0.376. The summed E-state index contributed by atoms with van der Waals surface area (Å²) in [7, 11) is 0. The fourth-order valence-electron chi connectivity index (χ4n) is 2.06. The van der Waals surface area contributed by atoms with Crippen LogP contribution in [0, 0.1) is 0 Å². The zero-order chi connectivity index (χ0) is 13.1. The molecule has 0 spiro atoms. The summed E-state index contributed by atoms with van der Waals surface area (Å²) in [5, 5.41) is 6.40. The Kier molecular flexibility index (Phi) is 3.25. The number of hydrogen-bond donors (Lipinski definition) is 1. The van der Waals surface area contributed by atoms with Crippen molar-refractivity contribution >= 4 is 10.8 Å². The molecule has 0 radical (unpaired) electrons. The van der Waals surface area contributed by atoms with Gasteiger partial charge in [-0.3, -0.25) is 0 Å². The van der Waals surface area contributed by atoms with E-state index in [-0.39, 0.29) is 0 Å². The highest BCUT2D eigenvalue weighted by molar-refractivity contribution is 5.86. The predicted molar refractivity (Wildman–Crippen MR) is 74.6 cm³/mol. The van der Waals surface area contributed by atoms with Crippen LogP contribution in [0.25, 0.3) is 22.2 Å². The number of rotatable bonds is 4. The van der Waals surface area contributed by atoms with Crippen LogP contribution in [-0.4, -0.2) is 16.7 Å². The summed E-state index contributed by atoms with van der Waals surface area (Å²) in [6.45, 7) is 0.633. The van der Waals surface area contributed by atoms with Crippen molar-refractivity contribution in [3.8, 4) is 11.4 Å². The first-order valence-corrected chi connectivity index (χ1v) is 6.38. The second kappa shape index (κ2) is 5.20. The van der Waals surface area contributed by atoms with Gasteiger partial charge in [0.1, 0.15) is 0 Å². The van der Waals surface area contributed by atoms with E-state index in [9.17, 15) is 0 Å². The Morgan fingerprint density at radius 1 is 1.05 bits per heavy atom. The Morgan fingerprint density at radius 3 is 2.74 bits per heavy atom. The molecule has 0 unspecified atom stereocenters. The Hall–Kier alpha value is -2.20. The van der Waals surface area contributed by atoms with Crippen molar-refractivity contribution in [1.82, 2.24) is 10.1 Å². The number of fused-ring (bicyclic) bond motifs is 1. The van der Waals surface area contributed by atoms with Gasteiger partial charge in [0, 0.05) is 12.0 Å². The minimum absolute atomic E-state index is 0.633. The third kappa shape index (κ3) is 2.48. The average molecular weight is 253 g/mol. The standard InChI is InChI=1S/C15H15N3O/c16-9-3-6-14-17-15(18-19-14)13-8-7-11-4-1-2-5-12(11)10-13/h1-2,4-5,7-8,10H,3,6,9,16H2. The minimum atomic E-state index is 0.633. The first-order valence-electron chi connectivity index (χ1n) is 6.38. The minimum Gasteiger partial charge on any atom is -0.339 e. The summed E-state index contributed by atoms with van der Waals surface area (Å²) in [4.78, 5) is 4.39. The molecule has 0 atom stereocenters. The summed E-state index contributed by atoms with van der Waals surface area (Å²) in [6, 6.07) is 14.4. The topological polar surface area (TPSA) is 64.9 Å². The molecule has 0 saturated heterocycles. The lowest BCUT2D eigenvalue weighted by atomic mass is 10.1. The van der Waals surface area contributed by atoms with Crippen LogP contribution in [0.5, 0.6) is 0 Å². The summed E-state index contributed by atoms with van der Waals surface area (Å²) in [5.74, 6) is 1.28. The molecule has 0 fully saturated rings. The molecule has 19 heavy (non-hydrogen) atoms. The van der Waals surface area contributed by atoms with Gasteiger partial charge in [0.2, 0.25) is 11.7 Å². The quantitative estimate of drug-likeness (QED) is 0.776. The average Bonchev–Trinajstić information content (AvgIpc) is 2.93. The van der Waals surface area contributed by atoms with Crippen LogP contribution in [-0.2, 0) is 6.42 Å². The number of aromatic nitrogens is 2. The summed E-state index contributed by atoms with van der Waals surface area (Å²) in [6.07, 6.45) is 1.59. The van der Waals surface area contributed by atoms with Crippen LogP contribution in [0.15, 0.2) is 47.0 Å². The molecular weight excluding hydrogens is 238 g/mol. The molecule has 0 bridgehead atoms. The van der Waals surface area contributed by atoms with Gasteiger partial charge < -0.3 is 10.3 Å². The van der Waals surface area contributed by atoms with E-state index in [1.807, 2.05) is 18.2 Å². The molecular formula is C15H15N3O. The van der Waals surface area contributed by atoms with E-state index in [0.717, 1.165) is 18.4 Å². The lowest BCUT2D eigenvalue weighted by Gasteiger charge is -1.99. The van der Waals surface area contributed by atoms with E-state index in [4.69, 9.17) is 10.3 Å². The third-order valence-corrected chi connectivity index (χ3v) is 3.07. The van der Waals surface area contributed by atoms with E-state index in [1.165, 1.54) is 10.8 Å². The molecule has 0 amide bonds. The fourth-order valence-corrected chi connectivity index (χ4v) is 2.06. The number of hydrogen-bond acceptors (Lipinski definition) is 4. The van der Waals surface area contributed by atoms with Crippen LogP contribution in [0.1, 0.15) is 12.3 Å². The largest absolute Gasteiger partial charge is 0.339 e. The Balaban J connectivity index is 1.92. The van der Waals surface area contributed by atoms with Gasteiger partial charge in [-0.25, -0.2) is 0 Å². The molecule has 1 heterocycles. The summed E-state index contributed by atoms with van der Waals surface area (Å²) < 4.78 is 5.22. The maximum absolute atomic E-state index is 5.47. The van der Waals surface area contributed by atoms with Crippen molar-refractivity contribution in [2.24, 2.45) is 5.73 Å². The van der Waals surface area contributed by atoms with Gasteiger partial charge in [-0.15, -0.1) is 0 Å². The van der Waals surface area contributed by atoms with Crippen molar-refractivity contribution in [2.75, 3.05) is 6.54 Å². The zero-order valence-corrected chi connectivity index (χ0v) is 10.5. The van der Waals surface area contributed by atoms with Gasteiger partial charge in [-0.2, -0.15) is 4.98 Å². The molecule has 0 aliphatic carbocycles. The molecule has 4 heteroatoms. The molecule has 0 saturated carbocycles. The molecule has 3 aromatic rings. The molecule has 2 aromatic carbocycles. The van der Waals surface area contributed by atoms with Gasteiger partial charge in [-0.05, 0) is 29.8 Å².